The first-order chi connectivity index (χ1) is 14.7. The van der Waals surface area contributed by atoms with Crippen LogP contribution in [0.1, 0.15) is 47.8 Å². The molecule has 0 bridgehead atoms. The number of carbonyl (C=O) groups is 1. The maximum Gasteiger partial charge on any atom is 0.278 e. The largest absolute Gasteiger partial charge is 0.381 e. The van der Waals surface area contributed by atoms with Gasteiger partial charge in [-0.3, -0.25) is 14.6 Å². The zero-order chi connectivity index (χ0) is 20.3. The Hall–Kier alpha value is -2.36. The molecule has 2 aromatic heterocycles. The molecule has 1 N–H and O–H groups in total. The standard InChI is InChI=1S/C21H29N7O2/c29-21(19-15-28(25-24-19)18-5-11-30-12-6-18)23-20-4-1-16(13-22-20)14-26-7-9-27(10-8-26)17-2-3-17/h1,4,13,15,17-18H,2-3,5-12,14H2,(H,22,23,29). The van der Waals surface area contributed by atoms with Crippen molar-refractivity contribution in [2.45, 2.75) is 44.3 Å². The van der Waals surface area contributed by atoms with Crippen LogP contribution < -0.4 is 5.32 Å². The van der Waals surface area contributed by atoms with Crippen molar-refractivity contribution in [3.8, 4) is 0 Å². The van der Waals surface area contributed by atoms with E-state index >= 15 is 0 Å². The summed E-state index contributed by atoms with van der Waals surface area (Å²) >= 11 is 0. The van der Waals surface area contributed by atoms with Gasteiger partial charge in [-0.2, -0.15) is 0 Å². The number of hydrogen-bond acceptors (Lipinski definition) is 7. The van der Waals surface area contributed by atoms with Crippen molar-refractivity contribution in [1.29, 1.82) is 0 Å². The molecule has 3 fully saturated rings. The molecule has 30 heavy (non-hydrogen) atoms. The maximum absolute atomic E-state index is 12.5. The number of piperazine rings is 1. The highest BCUT2D eigenvalue weighted by molar-refractivity contribution is 6.02. The predicted octanol–water partition coefficient (Wildman–Crippen LogP) is 1.56. The topological polar surface area (TPSA) is 88.4 Å². The highest BCUT2D eigenvalue weighted by atomic mass is 16.5. The Morgan fingerprint density at radius 1 is 1.07 bits per heavy atom. The Balaban J connectivity index is 1.12. The Bertz CT molecular complexity index is 850. The van der Waals surface area contributed by atoms with E-state index in [0.29, 0.717) is 11.5 Å². The lowest BCUT2D eigenvalue weighted by molar-refractivity contribution is 0.0657. The van der Waals surface area contributed by atoms with E-state index in [-0.39, 0.29) is 11.9 Å². The number of amides is 1. The van der Waals surface area contributed by atoms with Gasteiger partial charge >= 0.3 is 0 Å². The predicted molar refractivity (Wildman–Crippen MR) is 111 cm³/mol. The summed E-state index contributed by atoms with van der Waals surface area (Å²) in [6.45, 7) is 6.90. The van der Waals surface area contributed by atoms with Crippen molar-refractivity contribution in [3.63, 3.8) is 0 Å². The summed E-state index contributed by atoms with van der Waals surface area (Å²) < 4.78 is 7.15. The third kappa shape index (κ3) is 4.69. The van der Waals surface area contributed by atoms with E-state index in [1.54, 1.807) is 10.9 Å². The number of rotatable bonds is 6. The number of pyridine rings is 1. The number of nitrogens with one attached hydrogen (secondary N) is 1. The van der Waals surface area contributed by atoms with Crippen molar-refractivity contribution >= 4 is 11.7 Å². The third-order valence-corrected chi connectivity index (χ3v) is 6.25. The van der Waals surface area contributed by atoms with Gasteiger partial charge in [-0.05, 0) is 37.3 Å². The lowest BCUT2D eigenvalue weighted by Crippen LogP contribution is -2.46. The summed E-state index contributed by atoms with van der Waals surface area (Å²) in [4.78, 5) is 22.0. The Morgan fingerprint density at radius 2 is 1.87 bits per heavy atom. The highest BCUT2D eigenvalue weighted by Crippen LogP contribution is 2.27. The van der Waals surface area contributed by atoms with Crippen LogP contribution >= 0.6 is 0 Å². The van der Waals surface area contributed by atoms with Gasteiger partial charge in [0.15, 0.2) is 5.69 Å². The summed E-state index contributed by atoms with van der Waals surface area (Å²) in [5.74, 6) is 0.243. The molecule has 1 aliphatic carbocycles. The SMILES string of the molecule is O=C(Nc1ccc(CN2CCN(C3CC3)CC2)cn1)c1cn(C2CCOCC2)nn1. The average Bonchev–Trinajstić information content (AvgIpc) is 3.52. The Morgan fingerprint density at radius 3 is 2.57 bits per heavy atom. The summed E-state index contributed by atoms with van der Waals surface area (Å²) in [6.07, 6.45) is 8.10. The van der Waals surface area contributed by atoms with E-state index < -0.39 is 0 Å². The molecule has 160 valence electrons. The Labute approximate surface area is 176 Å². The van der Waals surface area contributed by atoms with Crippen LogP contribution in [-0.4, -0.2) is 81.1 Å². The van der Waals surface area contributed by atoms with E-state index in [9.17, 15) is 4.79 Å². The monoisotopic (exact) mass is 411 g/mol. The number of aromatic nitrogens is 4. The van der Waals surface area contributed by atoms with Gasteiger partial charge < -0.3 is 10.1 Å². The van der Waals surface area contributed by atoms with Gasteiger partial charge in [0.2, 0.25) is 0 Å². The van der Waals surface area contributed by atoms with Gasteiger partial charge in [0.25, 0.3) is 5.91 Å². The fourth-order valence-electron chi connectivity index (χ4n) is 4.27. The van der Waals surface area contributed by atoms with E-state index in [4.69, 9.17) is 4.74 Å². The zero-order valence-corrected chi connectivity index (χ0v) is 17.2. The molecule has 9 nitrogen and oxygen atoms in total. The van der Waals surface area contributed by atoms with Crippen molar-refractivity contribution in [1.82, 2.24) is 29.8 Å². The second-order valence-corrected chi connectivity index (χ2v) is 8.48. The first-order valence-electron chi connectivity index (χ1n) is 11.0. The van der Waals surface area contributed by atoms with Gasteiger partial charge in [-0.25, -0.2) is 9.67 Å². The van der Waals surface area contributed by atoms with E-state index in [1.807, 2.05) is 18.3 Å². The molecule has 0 spiro atoms. The molecule has 5 rings (SSSR count). The van der Waals surface area contributed by atoms with E-state index in [2.05, 4.69) is 30.4 Å². The van der Waals surface area contributed by atoms with Crippen LogP contribution in [0.2, 0.25) is 0 Å². The molecule has 3 aliphatic rings. The molecule has 1 saturated carbocycles. The van der Waals surface area contributed by atoms with Crippen LogP contribution in [0, 0.1) is 0 Å². The second kappa shape index (κ2) is 8.79. The van der Waals surface area contributed by atoms with E-state index in [0.717, 1.165) is 51.7 Å². The summed E-state index contributed by atoms with van der Waals surface area (Å²) in [7, 11) is 0. The summed E-state index contributed by atoms with van der Waals surface area (Å²) in [6, 6.07) is 5.00. The van der Waals surface area contributed by atoms with Gasteiger partial charge in [0, 0.05) is 58.2 Å². The molecule has 2 saturated heterocycles. The molecule has 0 radical (unpaired) electrons. The first-order valence-corrected chi connectivity index (χ1v) is 11.0. The van der Waals surface area contributed by atoms with E-state index in [1.165, 1.54) is 31.5 Å². The minimum atomic E-state index is -0.287. The molecular formula is C21H29N7O2. The molecule has 0 atom stereocenters. The van der Waals surface area contributed by atoms with Crippen molar-refractivity contribution in [2.24, 2.45) is 0 Å². The van der Waals surface area contributed by atoms with Crippen molar-refractivity contribution in [2.75, 3.05) is 44.7 Å². The molecule has 4 heterocycles. The number of ether oxygens (including phenoxy) is 1. The minimum Gasteiger partial charge on any atom is -0.381 e. The third-order valence-electron chi connectivity index (χ3n) is 6.25. The van der Waals surface area contributed by atoms with Crippen LogP contribution in [0.4, 0.5) is 5.82 Å². The Kier molecular flexibility index (Phi) is 5.74. The summed E-state index contributed by atoms with van der Waals surface area (Å²) in [5, 5.41) is 11.0. The zero-order valence-electron chi connectivity index (χ0n) is 17.2. The quantitative estimate of drug-likeness (QED) is 0.772. The molecule has 2 aromatic rings. The van der Waals surface area contributed by atoms with Crippen LogP contribution in [0.15, 0.2) is 24.5 Å². The maximum atomic E-state index is 12.5. The number of carbonyl (C=O) groups excluding carboxylic acids is 1. The lowest BCUT2D eigenvalue weighted by atomic mass is 10.1. The van der Waals surface area contributed by atoms with Gasteiger partial charge in [-0.15, -0.1) is 5.10 Å². The first kappa shape index (κ1) is 19.6. The molecule has 1 amide bonds. The minimum absolute atomic E-state index is 0.247. The lowest BCUT2D eigenvalue weighted by Gasteiger charge is -2.34. The summed E-state index contributed by atoms with van der Waals surface area (Å²) in [5.41, 5.74) is 1.47. The number of anilines is 1. The smallest absolute Gasteiger partial charge is 0.278 e. The second-order valence-electron chi connectivity index (χ2n) is 8.48. The average molecular weight is 412 g/mol. The normalized spacial score (nSPS) is 21.6. The van der Waals surface area contributed by atoms with Crippen LogP contribution in [0.5, 0.6) is 0 Å². The van der Waals surface area contributed by atoms with Gasteiger partial charge in [0.1, 0.15) is 5.82 Å². The molecule has 2 aliphatic heterocycles. The highest BCUT2D eigenvalue weighted by Gasteiger charge is 2.31. The van der Waals surface area contributed by atoms with Crippen LogP contribution in [0.25, 0.3) is 0 Å². The van der Waals surface area contributed by atoms with Crippen molar-refractivity contribution in [3.05, 3.63) is 35.8 Å². The molecule has 0 unspecified atom stereocenters. The number of nitrogens with zero attached hydrogens (tertiary/aromatic N) is 6. The van der Waals surface area contributed by atoms with Crippen LogP contribution in [0.3, 0.4) is 0 Å². The van der Waals surface area contributed by atoms with Gasteiger partial charge in [-0.1, -0.05) is 11.3 Å². The van der Waals surface area contributed by atoms with Gasteiger partial charge in [0.05, 0.1) is 12.2 Å². The molecule has 9 heteroatoms. The van der Waals surface area contributed by atoms with Crippen molar-refractivity contribution < 1.29 is 9.53 Å². The number of hydrogen-bond donors (Lipinski definition) is 1. The fourth-order valence-corrected chi connectivity index (χ4v) is 4.27. The molecule has 0 aromatic carbocycles. The fraction of sp³-hybridized carbons (Fsp3) is 0.619. The molecular weight excluding hydrogens is 382 g/mol. The van der Waals surface area contributed by atoms with Crippen LogP contribution in [-0.2, 0) is 11.3 Å².